The van der Waals surface area contributed by atoms with Crippen LogP contribution in [0, 0.1) is 5.92 Å². The van der Waals surface area contributed by atoms with Crippen LogP contribution < -0.4 is 5.32 Å². The molecule has 0 aliphatic heterocycles. The smallest absolute Gasteiger partial charge is 0.394 e. The predicted molar refractivity (Wildman–Crippen MR) is 44.9 cm³/mol. The molecule has 1 amide bonds. The summed E-state index contributed by atoms with van der Waals surface area (Å²) in [6.07, 6.45) is -5.94. The molecule has 0 aromatic rings. The van der Waals surface area contributed by atoms with E-state index in [-0.39, 0.29) is 0 Å². The van der Waals surface area contributed by atoms with Crippen LogP contribution in [-0.2, 0) is 4.79 Å². The number of rotatable bonds is 4. The number of aliphatic hydroxyl groups excluding tert-OH is 1. The van der Waals surface area contributed by atoms with Gasteiger partial charge in [0.1, 0.15) is 0 Å². The van der Waals surface area contributed by atoms with Crippen LogP contribution in [0.25, 0.3) is 0 Å². The molecule has 96 valence electrons. The van der Waals surface area contributed by atoms with Crippen molar-refractivity contribution in [2.75, 3.05) is 6.61 Å². The Morgan fingerprint density at radius 2 is 1.69 bits per heavy atom. The number of nitrogens with one attached hydrogen (secondary N) is 1. The van der Waals surface area contributed by atoms with Gasteiger partial charge in [0.25, 0.3) is 0 Å². The molecule has 0 heterocycles. The van der Waals surface area contributed by atoms with Crippen molar-refractivity contribution < 1.29 is 31.9 Å². The SMILES string of the molecule is CC(C)C(CO)NC(=O)C(F)(F)C(F)(F)F. The van der Waals surface area contributed by atoms with Gasteiger partial charge in [-0.1, -0.05) is 13.8 Å². The van der Waals surface area contributed by atoms with E-state index in [1.165, 1.54) is 19.2 Å². The van der Waals surface area contributed by atoms with E-state index >= 15 is 0 Å². The second-order valence-electron chi connectivity index (χ2n) is 3.58. The first kappa shape index (κ1) is 15.1. The third kappa shape index (κ3) is 3.29. The van der Waals surface area contributed by atoms with E-state index in [0.717, 1.165) is 0 Å². The van der Waals surface area contributed by atoms with E-state index in [2.05, 4.69) is 0 Å². The molecule has 16 heavy (non-hydrogen) atoms. The molecule has 0 aromatic heterocycles. The largest absolute Gasteiger partial charge is 0.463 e. The molecule has 8 heteroatoms. The number of hydrogen-bond donors (Lipinski definition) is 2. The molecule has 1 atom stereocenters. The van der Waals surface area contributed by atoms with Crippen molar-refractivity contribution in [3.63, 3.8) is 0 Å². The molecule has 0 aliphatic rings. The molecule has 0 saturated heterocycles. The van der Waals surface area contributed by atoms with Gasteiger partial charge in [-0.2, -0.15) is 22.0 Å². The van der Waals surface area contributed by atoms with Crippen LogP contribution >= 0.6 is 0 Å². The zero-order valence-electron chi connectivity index (χ0n) is 8.61. The Labute approximate surface area is 88.6 Å². The molecule has 0 spiro atoms. The molecule has 0 aliphatic carbocycles. The average molecular weight is 249 g/mol. The first-order chi connectivity index (χ1) is 7.04. The van der Waals surface area contributed by atoms with Gasteiger partial charge >= 0.3 is 18.0 Å². The topological polar surface area (TPSA) is 49.3 Å². The van der Waals surface area contributed by atoms with E-state index in [1.807, 2.05) is 0 Å². The number of amides is 1. The molecule has 0 fully saturated rings. The van der Waals surface area contributed by atoms with Crippen LogP contribution in [0.15, 0.2) is 0 Å². The Morgan fingerprint density at radius 3 is 1.94 bits per heavy atom. The van der Waals surface area contributed by atoms with E-state index in [9.17, 15) is 26.7 Å². The first-order valence-electron chi connectivity index (χ1n) is 4.40. The number of aliphatic hydroxyl groups is 1. The van der Waals surface area contributed by atoms with Crippen LogP contribution in [0.1, 0.15) is 13.8 Å². The molecular formula is C8H12F5NO2. The molecule has 0 saturated carbocycles. The lowest BCUT2D eigenvalue weighted by Crippen LogP contribution is -2.54. The molecule has 1 unspecified atom stereocenters. The lowest BCUT2D eigenvalue weighted by molar-refractivity contribution is -0.270. The zero-order valence-corrected chi connectivity index (χ0v) is 8.61. The summed E-state index contributed by atoms with van der Waals surface area (Å²) in [4.78, 5) is 10.7. The third-order valence-electron chi connectivity index (χ3n) is 1.96. The van der Waals surface area contributed by atoms with E-state index in [0.29, 0.717) is 0 Å². The molecule has 3 nitrogen and oxygen atoms in total. The highest BCUT2D eigenvalue weighted by Crippen LogP contribution is 2.35. The molecule has 0 bridgehead atoms. The summed E-state index contributed by atoms with van der Waals surface area (Å²) in [5, 5.41) is 10.1. The second kappa shape index (κ2) is 4.94. The highest BCUT2D eigenvalue weighted by Gasteiger charge is 2.63. The number of carbonyl (C=O) groups is 1. The molecule has 2 N–H and O–H groups in total. The van der Waals surface area contributed by atoms with Gasteiger partial charge in [-0.05, 0) is 5.92 Å². The lowest BCUT2D eigenvalue weighted by atomic mass is 10.1. The van der Waals surface area contributed by atoms with Gasteiger partial charge in [-0.25, -0.2) is 0 Å². The summed E-state index contributed by atoms with van der Waals surface area (Å²) < 4.78 is 60.2. The number of carbonyl (C=O) groups excluding carboxylic acids is 1. The standard InChI is InChI=1S/C8H12F5NO2/c1-4(2)5(3-15)14-6(16)7(9,10)8(11,12)13/h4-5,15H,3H2,1-2H3,(H,14,16). The van der Waals surface area contributed by atoms with Crippen LogP contribution in [0.5, 0.6) is 0 Å². The van der Waals surface area contributed by atoms with E-state index in [1.54, 1.807) is 0 Å². The maximum Gasteiger partial charge on any atom is 0.463 e. The van der Waals surface area contributed by atoms with Crippen molar-refractivity contribution in [1.29, 1.82) is 0 Å². The monoisotopic (exact) mass is 249 g/mol. The van der Waals surface area contributed by atoms with Crippen molar-refractivity contribution in [3.05, 3.63) is 0 Å². The van der Waals surface area contributed by atoms with Crippen molar-refractivity contribution in [1.82, 2.24) is 5.32 Å². The summed E-state index contributed by atoms with van der Waals surface area (Å²) in [5.41, 5.74) is 0. The number of hydrogen-bond acceptors (Lipinski definition) is 2. The number of halogens is 5. The summed E-state index contributed by atoms with van der Waals surface area (Å²) in [6.45, 7) is 2.22. The number of alkyl halides is 5. The van der Waals surface area contributed by atoms with Crippen LogP contribution in [0.3, 0.4) is 0 Å². The Hall–Kier alpha value is -0.920. The lowest BCUT2D eigenvalue weighted by Gasteiger charge is -2.24. The average Bonchev–Trinajstić information content (AvgIpc) is 2.11. The highest BCUT2D eigenvalue weighted by molar-refractivity contribution is 5.84. The van der Waals surface area contributed by atoms with Gasteiger partial charge in [-0.3, -0.25) is 4.79 Å². The van der Waals surface area contributed by atoms with E-state index < -0.39 is 36.6 Å². The maximum atomic E-state index is 12.5. The van der Waals surface area contributed by atoms with E-state index in [4.69, 9.17) is 5.11 Å². The van der Waals surface area contributed by atoms with Crippen molar-refractivity contribution in [2.24, 2.45) is 5.92 Å². The fourth-order valence-electron chi connectivity index (χ4n) is 0.811. The minimum Gasteiger partial charge on any atom is -0.394 e. The van der Waals surface area contributed by atoms with Gasteiger partial charge < -0.3 is 10.4 Å². The van der Waals surface area contributed by atoms with Gasteiger partial charge in [-0.15, -0.1) is 0 Å². The summed E-state index contributed by atoms with van der Waals surface area (Å²) in [5.74, 6) is -8.36. The van der Waals surface area contributed by atoms with Gasteiger partial charge in [0, 0.05) is 0 Å². The Balaban J connectivity index is 4.70. The summed E-state index contributed by atoms with van der Waals surface area (Å²) >= 11 is 0. The third-order valence-corrected chi connectivity index (χ3v) is 1.96. The quantitative estimate of drug-likeness (QED) is 0.738. The van der Waals surface area contributed by atoms with Crippen molar-refractivity contribution in [2.45, 2.75) is 32.0 Å². The minimum absolute atomic E-state index is 0.460. The Bertz CT molecular complexity index is 251. The predicted octanol–water partition coefficient (Wildman–Crippen LogP) is 1.32. The maximum absolute atomic E-state index is 12.5. The molecule has 0 radical (unpaired) electrons. The van der Waals surface area contributed by atoms with Gasteiger partial charge in [0.15, 0.2) is 0 Å². The van der Waals surface area contributed by atoms with Crippen LogP contribution in [-0.4, -0.2) is 35.8 Å². The molecular weight excluding hydrogens is 237 g/mol. The second-order valence-corrected chi connectivity index (χ2v) is 3.58. The minimum atomic E-state index is -5.94. The first-order valence-corrected chi connectivity index (χ1v) is 4.40. The van der Waals surface area contributed by atoms with Crippen LogP contribution in [0.4, 0.5) is 22.0 Å². The van der Waals surface area contributed by atoms with Gasteiger partial charge in [0.2, 0.25) is 0 Å². The Kier molecular flexibility index (Phi) is 4.66. The Morgan fingerprint density at radius 1 is 1.25 bits per heavy atom. The molecule has 0 aromatic carbocycles. The van der Waals surface area contributed by atoms with Gasteiger partial charge in [0.05, 0.1) is 12.6 Å². The molecule has 0 rings (SSSR count). The fourth-order valence-corrected chi connectivity index (χ4v) is 0.811. The highest BCUT2D eigenvalue weighted by atomic mass is 19.4. The van der Waals surface area contributed by atoms with Crippen molar-refractivity contribution >= 4 is 5.91 Å². The summed E-state index contributed by atoms with van der Waals surface area (Å²) in [7, 11) is 0. The summed E-state index contributed by atoms with van der Waals surface area (Å²) in [6, 6.07) is -1.14. The van der Waals surface area contributed by atoms with Crippen molar-refractivity contribution in [3.8, 4) is 0 Å². The zero-order chi connectivity index (χ0) is 13.1. The van der Waals surface area contributed by atoms with Crippen LogP contribution in [0.2, 0.25) is 0 Å². The normalized spacial score (nSPS) is 15.1. The fraction of sp³-hybridized carbons (Fsp3) is 0.875.